The van der Waals surface area contributed by atoms with Crippen LogP contribution in [0.1, 0.15) is 48.8 Å². The van der Waals surface area contributed by atoms with Crippen molar-refractivity contribution in [2.45, 2.75) is 57.8 Å². The zero-order valence-corrected chi connectivity index (χ0v) is 20.0. The highest BCUT2D eigenvalue weighted by molar-refractivity contribution is 5.88. The minimum atomic E-state index is -0.941. The standard InChI is InChI=1S/C26H28N6O4/c1-18-13-14-22(36-18)25-28-30-32(29-25)17-23(33)31(16-19-8-3-2-4-9-19)24(21-12-7-15-35-21)26(34)27-20-10-5-6-11-20/h2-4,7-9,12-15,20,24H,5-6,10-11,16-17H2,1H3,(H,27,34). The fraction of sp³-hybridized carbons (Fsp3) is 0.346. The Kier molecular flexibility index (Phi) is 6.92. The van der Waals surface area contributed by atoms with Crippen LogP contribution in [0, 0.1) is 6.92 Å². The van der Waals surface area contributed by atoms with E-state index in [2.05, 4.69) is 20.7 Å². The molecule has 1 saturated carbocycles. The fourth-order valence-electron chi connectivity index (χ4n) is 4.50. The van der Waals surface area contributed by atoms with Crippen LogP contribution in [-0.2, 0) is 22.7 Å². The summed E-state index contributed by atoms with van der Waals surface area (Å²) in [7, 11) is 0. The van der Waals surface area contributed by atoms with E-state index in [1.54, 1.807) is 24.3 Å². The summed E-state index contributed by atoms with van der Waals surface area (Å²) in [6, 6.07) is 15.7. The minimum absolute atomic E-state index is 0.0972. The molecule has 36 heavy (non-hydrogen) atoms. The van der Waals surface area contributed by atoms with Gasteiger partial charge in [-0.3, -0.25) is 9.59 Å². The molecule has 5 rings (SSSR count). The van der Waals surface area contributed by atoms with Crippen molar-refractivity contribution in [1.29, 1.82) is 0 Å². The Balaban J connectivity index is 1.42. The second kappa shape index (κ2) is 10.6. The Hall–Kier alpha value is -4.21. The largest absolute Gasteiger partial charge is 0.467 e. The van der Waals surface area contributed by atoms with E-state index in [0.717, 1.165) is 37.0 Å². The van der Waals surface area contributed by atoms with Gasteiger partial charge in [-0.05, 0) is 54.8 Å². The lowest BCUT2D eigenvalue weighted by Gasteiger charge is -2.30. The zero-order valence-electron chi connectivity index (χ0n) is 20.0. The molecule has 2 amide bonds. The summed E-state index contributed by atoms with van der Waals surface area (Å²) < 4.78 is 11.2. The summed E-state index contributed by atoms with van der Waals surface area (Å²) >= 11 is 0. The highest BCUT2D eigenvalue weighted by Gasteiger charge is 2.35. The molecule has 1 aliphatic carbocycles. The van der Waals surface area contributed by atoms with Gasteiger partial charge in [-0.1, -0.05) is 43.2 Å². The predicted molar refractivity (Wildman–Crippen MR) is 129 cm³/mol. The van der Waals surface area contributed by atoms with E-state index in [-0.39, 0.29) is 36.8 Å². The van der Waals surface area contributed by atoms with Crippen LogP contribution in [0.5, 0.6) is 0 Å². The highest BCUT2D eigenvalue weighted by atomic mass is 16.3. The average Bonchev–Trinajstić information content (AvgIpc) is 3.68. The third-order valence-electron chi connectivity index (χ3n) is 6.28. The summed E-state index contributed by atoms with van der Waals surface area (Å²) in [5, 5.41) is 15.5. The first-order valence-electron chi connectivity index (χ1n) is 12.1. The van der Waals surface area contributed by atoms with Gasteiger partial charge >= 0.3 is 0 Å². The van der Waals surface area contributed by atoms with Crippen molar-refractivity contribution in [3.8, 4) is 11.6 Å². The number of amides is 2. The number of rotatable bonds is 9. The molecule has 1 aromatic carbocycles. The Morgan fingerprint density at radius 2 is 1.92 bits per heavy atom. The molecule has 0 bridgehead atoms. The number of nitrogens with one attached hydrogen (secondary N) is 1. The van der Waals surface area contributed by atoms with E-state index in [0.29, 0.717) is 11.5 Å². The van der Waals surface area contributed by atoms with Gasteiger partial charge in [0.2, 0.25) is 11.7 Å². The van der Waals surface area contributed by atoms with E-state index in [1.807, 2.05) is 37.3 Å². The number of tetrazole rings is 1. The van der Waals surface area contributed by atoms with Crippen LogP contribution >= 0.6 is 0 Å². The van der Waals surface area contributed by atoms with Crippen LogP contribution in [0.3, 0.4) is 0 Å². The molecular weight excluding hydrogens is 460 g/mol. The van der Waals surface area contributed by atoms with Gasteiger partial charge in [0.05, 0.1) is 6.26 Å². The van der Waals surface area contributed by atoms with Gasteiger partial charge in [0.1, 0.15) is 18.1 Å². The van der Waals surface area contributed by atoms with Gasteiger partial charge in [0.25, 0.3) is 5.91 Å². The van der Waals surface area contributed by atoms with Crippen LogP contribution in [0.2, 0.25) is 0 Å². The van der Waals surface area contributed by atoms with Crippen LogP contribution in [0.15, 0.2) is 69.7 Å². The van der Waals surface area contributed by atoms with E-state index >= 15 is 0 Å². The fourth-order valence-corrected chi connectivity index (χ4v) is 4.50. The molecule has 10 nitrogen and oxygen atoms in total. The van der Waals surface area contributed by atoms with E-state index in [9.17, 15) is 9.59 Å². The third kappa shape index (κ3) is 5.37. The maximum Gasteiger partial charge on any atom is 0.250 e. The van der Waals surface area contributed by atoms with Gasteiger partial charge in [-0.15, -0.1) is 10.2 Å². The molecule has 10 heteroatoms. The van der Waals surface area contributed by atoms with Crippen molar-refractivity contribution < 1.29 is 18.4 Å². The predicted octanol–water partition coefficient (Wildman–Crippen LogP) is 3.66. The molecule has 3 aromatic heterocycles. The lowest BCUT2D eigenvalue weighted by atomic mass is 10.1. The Morgan fingerprint density at radius 3 is 2.61 bits per heavy atom. The Morgan fingerprint density at radius 1 is 1.11 bits per heavy atom. The van der Waals surface area contributed by atoms with Crippen LogP contribution in [0.25, 0.3) is 11.6 Å². The maximum absolute atomic E-state index is 13.7. The number of aromatic nitrogens is 4. The number of carbonyl (C=O) groups is 2. The van der Waals surface area contributed by atoms with Crippen LogP contribution < -0.4 is 5.32 Å². The van der Waals surface area contributed by atoms with Gasteiger partial charge in [0.15, 0.2) is 11.8 Å². The number of furan rings is 2. The van der Waals surface area contributed by atoms with Crippen molar-refractivity contribution in [2.24, 2.45) is 0 Å². The van der Waals surface area contributed by atoms with E-state index in [1.165, 1.54) is 16.0 Å². The molecular formula is C26H28N6O4. The molecule has 0 spiro atoms. The van der Waals surface area contributed by atoms with Gasteiger partial charge in [-0.2, -0.15) is 4.80 Å². The van der Waals surface area contributed by atoms with Crippen LogP contribution in [-0.4, -0.2) is 43.0 Å². The summed E-state index contributed by atoms with van der Waals surface area (Å²) in [6.07, 6.45) is 5.53. The second-order valence-electron chi connectivity index (χ2n) is 8.97. The summed E-state index contributed by atoms with van der Waals surface area (Å²) in [6.45, 7) is 1.83. The molecule has 1 fully saturated rings. The third-order valence-corrected chi connectivity index (χ3v) is 6.28. The van der Waals surface area contributed by atoms with Crippen molar-refractivity contribution in [2.75, 3.05) is 0 Å². The van der Waals surface area contributed by atoms with Crippen LogP contribution in [0.4, 0.5) is 0 Å². The maximum atomic E-state index is 13.7. The van der Waals surface area contributed by atoms with E-state index < -0.39 is 6.04 Å². The lowest BCUT2D eigenvalue weighted by Crippen LogP contribution is -2.46. The van der Waals surface area contributed by atoms with Crippen molar-refractivity contribution in [1.82, 2.24) is 30.4 Å². The Labute approximate surface area is 208 Å². The molecule has 0 saturated heterocycles. The van der Waals surface area contributed by atoms with E-state index in [4.69, 9.17) is 8.83 Å². The quantitative estimate of drug-likeness (QED) is 0.382. The molecule has 1 N–H and O–H groups in total. The van der Waals surface area contributed by atoms with Crippen molar-refractivity contribution >= 4 is 11.8 Å². The molecule has 0 aliphatic heterocycles. The van der Waals surface area contributed by atoms with Crippen molar-refractivity contribution in [3.63, 3.8) is 0 Å². The summed E-state index contributed by atoms with van der Waals surface area (Å²) in [4.78, 5) is 30.0. The normalized spacial score (nSPS) is 14.6. The number of hydrogen-bond acceptors (Lipinski definition) is 7. The number of carbonyl (C=O) groups excluding carboxylic acids is 2. The van der Waals surface area contributed by atoms with Gasteiger partial charge in [0, 0.05) is 12.6 Å². The average molecular weight is 489 g/mol. The van der Waals surface area contributed by atoms with Crippen molar-refractivity contribution in [3.05, 3.63) is 77.9 Å². The molecule has 1 unspecified atom stereocenters. The SMILES string of the molecule is Cc1ccc(-c2nnn(CC(=O)N(Cc3ccccc3)C(C(=O)NC3CCCC3)c3ccco3)n2)o1. The molecule has 3 heterocycles. The molecule has 186 valence electrons. The summed E-state index contributed by atoms with van der Waals surface area (Å²) in [5.41, 5.74) is 0.884. The minimum Gasteiger partial charge on any atom is -0.467 e. The van der Waals surface area contributed by atoms with Gasteiger partial charge in [-0.25, -0.2) is 0 Å². The first-order valence-corrected chi connectivity index (χ1v) is 12.1. The second-order valence-corrected chi connectivity index (χ2v) is 8.97. The molecule has 4 aromatic rings. The highest BCUT2D eigenvalue weighted by Crippen LogP contribution is 2.27. The smallest absolute Gasteiger partial charge is 0.250 e. The number of aryl methyl sites for hydroxylation is 1. The number of benzene rings is 1. The Bertz CT molecular complexity index is 1290. The monoisotopic (exact) mass is 488 g/mol. The number of nitrogens with zero attached hydrogens (tertiary/aromatic N) is 5. The number of hydrogen-bond donors (Lipinski definition) is 1. The topological polar surface area (TPSA) is 119 Å². The zero-order chi connectivity index (χ0) is 24.9. The lowest BCUT2D eigenvalue weighted by molar-refractivity contribution is -0.143. The summed E-state index contributed by atoms with van der Waals surface area (Å²) in [5.74, 6) is 1.26. The molecule has 1 aliphatic rings. The molecule has 0 radical (unpaired) electrons. The molecule has 1 atom stereocenters. The van der Waals surface area contributed by atoms with Gasteiger partial charge < -0.3 is 19.1 Å². The first-order chi connectivity index (χ1) is 17.6. The first kappa shape index (κ1) is 23.5.